The van der Waals surface area contributed by atoms with E-state index in [1.54, 1.807) is 11.3 Å². The van der Waals surface area contributed by atoms with Crippen molar-refractivity contribution in [2.45, 2.75) is 71.1 Å². The lowest BCUT2D eigenvalue weighted by Crippen LogP contribution is -2.68. The molecule has 1 aromatic rings. The fraction of sp³-hybridized carbons (Fsp3) is 0.778. The number of ether oxygens (including phenoxy) is 1. The normalized spacial score (nSPS) is 24.4. The number of hydrogen-bond acceptors (Lipinski definition) is 4. The number of aromatic nitrogens is 1. The van der Waals surface area contributed by atoms with Gasteiger partial charge < -0.3 is 15.4 Å². The Kier molecular flexibility index (Phi) is 7.52. The van der Waals surface area contributed by atoms with Crippen molar-refractivity contribution in [1.29, 1.82) is 0 Å². The summed E-state index contributed by atoms with van der Waals surface area (Å²) >= 11 is 1.72. The van der Waals surface area contributed by atoms with Crippen molar-refractivity contribution >= 4 is 41.3 Å². The zero-order valence-electron chi connectivity index (χ0n) is 15.7. The predicted octanol–water partition coefficient (Wildman–Crippen LogP) is 3.90. The monoisotopic (exact) mass is 478 g/mol. The summed E-state index contributed by atoms with van der Waals surface area (Å²) in [6.07, 6.45) is 5.39. The minimum Gasteiger partial charge on any atom is -0.378 e. The van der Waals surface area contributed by atoms with Crippen LogP contribution in [0.1, 0.15) is 63.1 Å². The molecule has 2 atom stereocenters. The van der Waals surface area contributed by atoms with E-state index in [0.717, 1.165) is 30.5 Å². The zero-order chi connectivity index (χ0) is 17.2. The molecule has 0 bridgehead atoms. The van der Waals surface area contributed by atoms with Gasteiger partial charge in [-0.25, -0.2) is 4.98 Å². The minimum atomic E-state index is 0. The van der Waals surface area contributed by atoms with Crippen molar-refractivity contribution in [2.75, 3.05) is 13.7 Å². The highest BCUT2D eigenvalue weighted by Crippen LogP contribution is 2.57. The van der Waals surface area contributed by atoms with Gasteiger partial charge in [-0.2, -0.15) is 0 Å². The number of nitrogens with zero attached hydrogens (tertiary/aromatic N) is 2. The van der Waals surface area contributed by atoms with E-state index < -0.39 is 0 Å². The molecule has 5 nitrogen and oxygen atoms in total. The number of hydrogen-bond donors (Lipinski definition) is 2. The van der Waals surface area contributed by atoms with Gasteiger partial charge in [0.15, 0.2) is 5.96 Å². The molecule has 0 amide bonds. The molecule has 1 aromatic heterocycles. The van der Waals surface area contributed by atoms with Crippen molar-refractivity contribution in [3.05, 3.63) is 16.1 Å². The number of rotatable bonds is 6. The first-order chi connectivity index (χ1) is 11.6. The van der Waals surface area contributed by atoms with Crippen molar-refractivity contribution in [2.24, 2.45) is 10.4 Å². The lowest BCUT2D eigenvalue weighted by atomic mass is 9.51. The number of aliphatic imine (C=N–C) groups is 1. The maximum absolute atomic E-state index is 5.93. The Labute approximate surface area is 172 Å². The Morgan fingerprint density at radius 1 is 1.48 bits per heavy atom. The van der Waals surface area contributed by atoms with Gasteiger partial charge in [0, 0.05) is 30.5 Å². The standard InChI is InChI=1S/C18H30N4OS.HI/c1-5-23-15-9-14(18(15)7-6-8-18)22-17(19-4)20-10-16-21-13(11-24-16)12(2)3;/h11-12,14-15H,5-10H2,1-4H3,(H2,19,20,22);1H. The van der Waals surface area contributed by atoms with Gasteiger partial charge in [0.2, 0.25) is 0 Å². The quantitative estimate of drug-likeness (QED) is 0.370. The third-order valence-corrected chi connectivity index (χ3v) is 6.41. The molecule has 7 heteroatoms. The van der Waals surface area contributed by atoms with E-state index in [0.29, 0.717) is 23.5 Å². The molecule has 0 aromatic carbocycles. The van der Waals surface area contributed by atoms with Crippen LogP contribution in [0.4, 0.5) is 0 Å². The van der Waals surface area contributed by atoms with Gasteiger partial charge in [-0.05, 0) is 32.1 Å². The average Bonchev–Trinajstić information content (AvgIpc) is 2.97. The highest BCUT2D eigenvalue weighted by molar-refractivity contribution is 14.0. The van der Waals surface area contributed by atoms with Gasteiger partial charge in [0.1, 0.15) is 5.01 Å². The number of nitrogens with one attached hydrogen (secondary N) is 2. The van der Waals surface area contributed by atoms with Crippen LogP contribution in [0.15, 0.2) is 10.4 Å². The predicted molar refractivity (Wildman–Crippen MR) is 115 cm³/mol. The van der Waals surface area contributed by atoms with Crippen LogP contribution in [0.3, 0.4) is 0 Å². The van der Waals surface area contributed by atoms with Gasteiger partial charge >= 0.3 is 0 Å². The highest BCUT2D eigenvalue weighted by Gasteiger charge is 2.59. The first-order valence-corrected chi connectivity index (χ1v) is 10.00. The van der Waals surface area contributed by atoms with Crippen molar-refractivity contribution in [3.63, 3.8) is 0 Å². The number of guanidine groups is 1. The summed E-state index contributed by atoms with van der Waals surface area (Å²) in [4.78, 5) is 9.07. The van der Waals surface area contributed by atoms with E-state index in [9.17, 15) is 0 Å². The Morgan fingerprint density at radius 2 is 2.24 bits per heavy atom. The summed E-state index contributed by atoms with van der Waals surface area (Å²) < 4.78 is 5.93. The molecule has 2 aliphatic rings. The van der Waals surface area contributed by atoms with Gasteiger partial charge in [-0.15, -0.1) is 35.3 Å². The average molecular weight is 478 g/mol. The molecular weight excluding hydrogens is 447 g/mol. The molecule has 25 heavy (non-hydrogen) atoms. The molecule has 0 radical (unpaired) electrons. The van der Waals surface area contributed by atoms with Crippen LogP contribution >= 0.6 is 35.3 Å². The topological polar surface area (TPSA) is 58.5 Å². The number of halogens is 1. The summed E-state index contributed by atoms with van der Waals surface area (Å²) in [7, 11) is 1.84. The number of thiazole rings is 1. The second-order valence-electron chi connectivity index (χ2n) is 7.21. The fourth-order valence-electron chi connectivity index (χ4n) is 3.83. The van der Waals surface area contributed by atoms with E-state index in [1.807, 2.05) is 7.05 Å². The lowest BCUT2D eigenvalue weighted by molar-refractivity contribution is -0.168. The lowest BCUT2D eigenvalue weighted by Gasteiger charge is -2.61. The maximum atomic E-state index is 5.93. The Hall–Kier alpha value is -0.410. The third-order valence-electron chi connectivity index (χ3n) is 5.54. The fourth-order valence-corrected chi connectivity index (χ4v) is 4.73. The second kappa shape index (κ2) is 8.99. The van der Waals surface area contributed by atoms with Crippen LogP contribution in [-0.2, 0) is 11.3 Å². The van der Waals surface area contributed by atoms with Crippen LogP contribution in [0.25, 0.3) is 0 Å². The van der Waals surface area contributed by atoms with Crippen LogP contribution < -0.4 is 10.6 Å². The Balaban J connectivity index is 0.00000225. The third kappa shape index (κ3) is 4.30. The van der Waals surface area contributed by atoms with E-state index in [-0.39, 0.29) is 24.0 Å². The van der Waals surface area contributed by atoms with Crippen LogP contribution in [0.5, 0.6) is 0 Å². The summed E-state index contributed by atoms with van der Waals surface area (Å²) in [5.74, 6) is 1.36. The highest BCUT2D eigenvalue weighted by atomic mass is 127. The van der Waals surface area contributed by atoms with E-state index in [4.69, 9.17) is 4.74 Å². The van der Waals surface area contributed by atoms with Gasteiger partial charge in [-0.1, -0.05) is 20.3 Å². The summed E-state index contributed by atoms with van der Waals surface area (Å²) in [6, 6.07) is 0.483. The van der Waals surface area contributed by atoms with Crippen molar-refractivity contribution in [3.8, 4) is 0 Å². The SMILES string of the molecule is CCOC1CC(NC(=NC)NCc2nc(C(C)C)cs2)C12CCC2.I. The molecule has 1 spiro atoms. The molecule has 2 aliphatic carbocycles. The van der Waals surface area contributed by atoms with Crippen LogP contribution in [0.2, 0.25) is 0 Å². The largest absolute Gasteiger partial charge is 0.378 e. The zero-order valence-corrected chi connectivity index (χ0v) is 18.8. The van der Waals surface area contributed by atoms with E-state index in [2.05, 4.69) is 46.8 Å². The summed E-state index contributed by atoms with van der Waals surface area (Å²) in [5.41, 5.74) is 1.52. The minimum absolute atomic E-state index is 0. The van der Waals surface area contributed by atoms with Crippen molar-refractivity contribution < 1.29 is 4.74 Å². The molecule has 0 saturated heterocycles. The van der Waals surface area contributed by atoms with Crippen molar-refractivity contribution in [1.82, 2.24) is 15.6 Å². The summed E-state index contributed by atoms with van der Waals surface area (Å²) in [6.45, 7) is 7.99. The maximum Gasteiger partial charge on any atom is 0.191 e. The molecule has 3 rings (SSSR count). The molecule has 2 saturated carbocycles. The van der Waals surface area contributed by atoms with Crippen LogP contribution in [-0.4, -0.2) is 36.7 Å². The van der Waals surface area contributed by atoms with E-state index >= 15 is 0 Å². The molecule has 142 valence electrons. The van der Waals surface area contributed by atoms with Crippen LogP contribution in [0, 0.1) is 5.41 Å². The smallest absolute Gasteiger partial charge is 0.191 e. The Morgan fingerprint density at radius 3 is 2.76 bits per heavy atom. The first-order valence-electron chi connectivity index (χ1n) is 9.12. The molecule has 2 N–H and O–H groups in total. The second-order valence-corrected chi connectivity index (χ2v) is 8.15. The van der Waals surface area contributed by atoms with Gasteiger partial charge in [-0.3, -0.25) is 4.99 Å². The summed E-state index contributed by atoms with van der Waals surface area (Å²) in [5, 5.41) is 10.3. The first kappa shape index (κ1) is 20.9. The molecular formula is C18H31IN4OS. The van der Waals surface area contributed by atoms with Gasteiger partial charge in [0.05, 0.1) is 18.3 Å². The Bertz CT molecular complexity index is 585. The molecule has 1 heterocycles. The van der Waals surface area contributed by atoms with E-state index in [1.165, 1.54) is 25.0 Å². The molecule has 2 fully saturated rings. The molecule has 0 aliphatic heterocycles. The molecule has 2 unspecified atom stereocenters. The van der Waals surface area contributed by atoms with Gasteiger partial charge in [0.25, 0.3) is 0 Å².